The Bertz CT molecular complexity index is 1000. The highest BCUT2D eigenvalue weighted by Crippen LogP contribution is 2.32. The molecule has 3 N–H and O–H groups in total. The van der Waals surface area contributed by atoms with Gasteiger partial charge in [0.25, 0.3) is 0 Å². The third-order valence-electron chi connectivity index (χ3n) is 5.87. The predicted molar refractivity (Wildman–Crippen MR) is 112 cm³/mol. The van der Waals surface area contributed by atoms with Crippen molar-refractivity contribution < 1.29 is 27.2 Å². The summed E-state index contributed by atoms with van der Waals surface area (Å²) in [6.07, 6.45) is 1.87. The summed E-state index contributed by atoms with van der Waals surface area (Å²) in [7, 11) is -3.53. The van der Waals surface area contributed by atoms with Crippen LogP contribution in [0.4, 0.5) is 0 Å². The molecule has 0 saturated carbocycles. The highest BCUT2D eigenvalue weighted by atomic mass is 32.2. The molecule has 0 radical (unpaired) electrons. The Hall–Kier alpha value is -2.27. The van der Waals surface area contributed by atoms with Gasteiger partial charge in [-0.2, -0.15) is 0 Å². The summed E-state index contributed by atoms with van der Waals surface area (Å²) >= 11 is 0. The van der Waals surface area contributed by atoms with E-state index in [1.54, 1.807) is 6.07 Å². The van der Waals surface area contributed by atoms with Gasteiger partial charge in [0.1, 0.15) is 5.54 Å². The average molecular weight is 450 g/mol. The summed E-state index contributed by atoms with van der Waals surface area (Å²) in [6, 6.07) is 11.3. The fraction of sp³-hybridized carbons (Fsp3) is 0.524. The molecule has 2 aliphatic rings. The number of carbonyl (C=O) groups excluding carboxylic acids is 1. The number of ether oxygens (including phenoxy) is 2. The minimum atomic E-state index is -3.53. The molecule has 2 aliphatic heterocycles. The van der Waals surface area contributed by atoms with E-state index in [4.69, 9.17) is 19.7 Å². The molecule has 1 amide bonds. The molecule has 0 spiro atoms. The van der Waals surface area contributed by atoms with Gasteiger partial charge in [0.05, 0.1) is 11.4 Å². The van der Waals surface area contributed by atoms with Gasteiger partial charge in [-0.1, -0.05) is 35.5 Å². The number of hydrogen-bond donors (Lipinski definition) is 2. The van der Waals surface area contributed by atoms with Crippen molar-refractivity contribution in [1.82, 2.24) is 10.5 Å². The number of nitrogens with zero attached hydrogens (tertiary/aromatic N) is 1. The Balaban J connectivity index is 1.47. The van der Waals surface area contributed by atoms with E-state index in [1.165, 1.54) is 0 Å². The Morgan fingerprint density at radius 3 is 2.81 bits per heavy atom. The molecule has 4 rings (SSSR count). The van der Waals surface area contributed by atoms with Crippen molar-refractivity contribution in [3.05, 3.63) is 42.1 Å². The third kappa shape index (κ3) is 4.98. The predicted octanol–water partition coefficient (Wildman–Crippen LogP) is 1.73. The number of carbonyl (C=O) groups is 1. The molecule has 0 bridgehead atoms. The number of nitrogens with one attached hydrogen (secondary N) is 1. The van der Waals surface area contributed by atoms with E-state index in [0.717, 1.165) is 18.4 Å². The molecule has 1 aromatic heterocycles. The number of rotatable bonds is 7. The summed E-state index contributed by atoms with van der Waals surface area (Å²) in [5.41, 5.74) is 4.81. The lowest BCUT2D eigenvalue weighted by atomic mass is 9.90. The lowest BCUT2D eigenvalue weighted by Crippen LogP contribution is -2.61. The topological polar surface area (TPSA) is 134 Å². The van der Waals surface area contributed by atoms with E-state index < -0.39 is 33.0 Å². The van der Waals surface area contributed by atoms with E-state index in [9.17, 15) is 13.2 Å². The van der Waals surface area contributed by atoms with Crippen molar-refractivity contribution in [3.8, 4) is 11.3 Å². The van der Waals surface area contributed by atoms with Gasteiger partial charge in [0.15, 0.2) is 27.3 Å². The van der Waals surface area contributed by atoms with E-state index in [0.29, 0.717) is 24.5 Å². The first kappa shape index (κ1) is 21.9. The molecule has 10 heteroatoms. The lowest BCUT2D eigenvalue weighted by Gasteiger charge is -2.40. The standard InChI is InChI=1S/C21H27N3O6S/c22-20(25)21(23-14-16-12-17(30-24-16)15-6-2-1-3-7-15)9-11-31(26,27)19(13-21)29-18-8-4-5-10-28-18/h1-3,6-7,12,18-19,23H,4-5,8-11,13-14H2,(H2,22,25). The van der Waals surface area contributed by atoms with Gasteiger partial charge in [-0.3, -0.25) is 10.1 Å². The molecule has 2 saturated heterocycles. The maximum Gasteiger partial charge on any atom is 0.237 e. The maximum absolute atomic E-state index is 12.6. The summed E-state index contributed by atoms with van der Waals surface area (Å²) < 4.78 is 41.9. The quantitative estimate of drug-likeness (QED) is 0.653. The monoisotopic (exact) mass is 449 g/mol. The molecular formula is C21H27N3O6S. The Labute approximate surface area is 181 Å². The molecule has 3 heterocycles. The zero-order chi connectivity index (χ0) is 21.9. The van der Waals surface area contributed by atoms with Gasteiger partial charge in [0.2, 0.25) is 5.91 Å². The second kappa shape index (κ2) is 9.07. The molecule has 1 aromatic carbocycles. The highest BCUT2D eigenvalue weighted by Gasteiger charge is 2.48. The molecule has 3 atom stereocenters. The third-order valence-corrected chi connectivity index (χ3v) is 7.72. The van der Waals surface area contributed by atoms with Gasteiger partial charge in [-0.05, 0) is 25.7 Å². The van der Waals surface area contributed by atoms with Crippen LogP contribution < -0.4 is 11.1 Å². The van der Waals surface area contributed by atoms with Crippen molar-refractivity contribution >= 4 is 15.7 Å². The van der Waals surface area contributed by atoms with Crippen LogP contribution in [0, 0.1) is 0 Å². The van der Waals surface area contributed by atoms with Crippen molar-refractivity contribution in [1.29, 1.82) is 0 Å². The Morgan fingerprint density at radius 1 is 1.29 bits per heavy atom. The first-order valence-corrected chi connectivity index (χ1v) is 12.1. The van der Waals surface area contributed by atoms with Crippen LogP contribution in [0.3, 0.4) is 0 Å². The molecule has 9 nitrogen and oxygen atoms in total. The molecule has 31 heavy (non-hydrogen) atoms. The summed E-state index contributed by atoms with van der Waals surface area (Å²) in [5.74, 6) is -0.214. The molecule has 0 aliphatic carbocycles. The number of sulfone groups is 1. The number of benzene rings is 1. The fourth-order valence-electron chi connectivity index (χ4n) is 3.95. The van der Waals surface area contributed by atoms with Crippen LogP contribution in [-0.2, 0) is 30.7 Å². The van der Waals surface area contributed by atoms with E-state index in [1.807, 2.05) is 30.3 Å². The number of primary amides is 1. The zero-order valence-corrected chi connectivity index (χ0v) is 18.0. The van der Waals surface area contributed by atoms with Gasteiger partial charge < -0.3 is 19.7 Å². The summed E-state index contributed by atoms with van der Waals surface area (Å²) in [6.45, 7) is 0.735. The number of amides is 1. The number of aromatic nitrogens is 1. The van der Waals surface area contributed by atoms with Crippen LogP contribution >= 0.6 is 0 Å². The van der Waals surface area contributed by atoms with Crippen LogP contribution in [0.5, 0.6) is 0 Å². The zero-order valence-electron chi connectivity index (χ0n) is 17.2. The van der Waals surface area contributed by atoms with E-state index >= 15 is 0 Å². The molecular weight excluding hydrogens is 422 g/mol. The van der Waals surface area contributed by atoms with E-state index in [-0.39, 0.29) is 25.1 Å². The molecule has 2 aromatic rings. The minimum Gasteiger partial charge on any atom is -0.368 e. The van der Waals surface area contributed by atoms with Crippen molar-refractivity contribution in [2.24, 2.45) is 5.73 Å². The van der Waals surface area contributed by atoms with Gasteiger partial charge in [-0.15, -0.1) is 0 Å². The normalized spacial score (nSPS) is 28.3. The van der Waals surface area contributed by atoms with Crippen LogP contribution in [0.25, 0.3) is 11.3 Å². The number of hydrogen-bond acceptors (Lipinski definition) is 8. The minimum absolute atomic E-state index is 0.0689. The first-order chi connectivity index (χ1) is 14.9. The van der Waals surface area contributed by atoms with Gasteiger partial charge >= 0.3 is 0 Å². The summed E-state index contributed by atoms with van der Waals surface area (Å²) in [4.78, 5) is 12.4. The van der Waals surface area contributed by atoms with Crippen molar-refractivity contribution in [2.45, 2.75) is 55.9 Å². The lowest BCUT2D eigenvalue weighted by molar-refractivity contribution is -0.176. The first-order valence-electron chi connectivity index (χ1n) is 10.4. The second-order valence-electron chi connectivity index (χ2n) is 8.03. The van der Waals surface area contributed by atoms with Gasteiger partial charge in [-0.25, -0.2) is 8.42 Å². The Morgan fingerprint density at radius 2 is 2.10 bits per heavy atom. The van der Waals surface area contributed by atoms with Gasteiger partial charge in [0, 0.05) is 31.2 Å². The summed E-state index contributed by atoms with van der Waals surface area (Å²) in [5, 5.41) is 7.19. The van der Waals surface area contributed by atoms with E-state index in [2.05, 4.69) is 10.5 Å². The van der Waals surface area contributed by atoms with Crippen LogP contribution in [0.1, 0.15) is 37.8 Å². The number of nitrogens with two attached hydrogens (primary N) is 1. The van der Waals surface area contributed by atoms with Crippen LogP contribution in [-0.4, -0.2) is 49.1 Å². The highest BCUT2D eigenvalue weighted by molar-refractivity contribution is 7.91. The average Bonchev–Trinajstić information content (AvgIpc) is 3.25. The second-order valence-corrected chi connectivity index (χ2v) is 10.3. The maximum atomic E-state index is 12.6. The van der Waals surface area contributed by atoms with Crippen LogP contribution in [0.15, 0.2) is 40.9 Å². The SMILES string of the molecule is NC(=O)C1(NCc2cc(-c3ccccc3)on2)CCS(=O)(=O)C(OC2CCCCO2)C1. The molecule has 2 fully saturated rings. The smallest absolute Gasteiger partial charge is 0.237 e. The fourth-order valence-corrected chi connectivity index (χ4v) is 5.67. The largest absolute Gasteiger partial charge is 0.368 e. The van der Waals surface area contributed by atoms with Crippen molar-refractivity contribution in [2.75, 3.05) is 12.4 Å². The van der Waals surface area contributed by atoms with Crippen LogP contribution in [0.2, 0.25) is 0 Å². The van der Waals surface area contributed by atoms with Crippen molar-refractivity contribution in [3.63, 3.8) is 0 Å². The molecule has 3 unspecified atom stereocenters. The molecule has 168 valence electrons. The Kier molecular flexibility index (Phi) is 6.42.